The van der Waals surface area contributed by atoms with Crippen molar-refractivity contribution in [3.8, 4) is 5.75 Å². The number of nitrogens with zero attached hydrogens (tertiary/aromatic N) is 3. The fourth-order valence-electron chi connectivity index (χ4n) is 4.90. The first-order valence-corrected chi connectivity index (χ1v) is 12.8. The van der Waals surface area contributed by atoms with Crippen molar-refractivity contribution in [1.82, 2.24) is 20.1 Å². The molecule has 2 aromatic carbocycles. The summed E-state index contributed by atoms with van der Waals surface area (Å²) in [5.41, 5.74) is 3.59. The van der Waals surface area contributed by atoms with E-state index in [9.17, 15) is 9.90 Å². The molecule has 7 heteroatoms. The first-order valence-electron chi connectivity index (χ1n) is 12.8. The topological polar surface area (TPSA) is 77.9 Å². The lowest BCUT2D eigenvalue weighted by atomic mass is 9.86. The van der Waals surface area contributed by atoms with E-state index in [1.807, 2.05) is 60.9 Å². The van der Waals surface area contributed by atoms with Crippen LogP contribution in [0.4, 0.5) is 0 Å². The van der Waals surface area contributed by atoms with Crippen LogP contribution in [0.5, 0.6) is 5.75 Å². The molecule has 1 amide bonds. The minimum absolute atomic E-state index is 0.0443. The Bertz CT molecular complexity index is 1270. The predicted octanol–water partition coefficient (Wildman–Crippen LogP) is 4.70. The minimum atomic E-state index is -0.0443. The smallest absolute Gasteiger partial charge is 0.251 e. The molecule has 1 saturated heterocycles. The number of benzene rings is 2. The number of carbonyl (C=O) groups excluding carboxylic acids is 1. The third-order valence-corrected chi connectivity index (χ3v) is 6.92. The molecule has 3 aromatic rings. The number of aromatic hydroxyl groups is 1. The van der Waals surface area contributed by atoms with Crippen LogP contribution in [-0.2, 0) is 11.3 Å². The summed E-state index contributed by atoms with van der Waals surface area (Å²) < 4.78 is 5.66. The average molecular weight is 497 g/mol. The summed E-state index contributed by atoms with van der Waals surface area (Å²) in [6, 6.07) is 20.8. The highest BCUT2D eigenvalue weighted by Gasteiger charge is 2.24. The second-order valence-electron chi connectivity index (χ2n) is 9.39. The Labute approximate surface area is 217 Å². The zero-order valence-electron chi connectivity index (χ0n) is 20.8. The maximum absolute atomic E-state index is 13.0. The largest absolute Gasteiger partial charge is 0.508 e. The molecule has 0 atom stereocenters. The first-order chi connectivity index (χ1) is 18.2. The molecule has 0 saturated carbocycles. The molecule has 2 aliphatic rings. The van der Waals surface area contributed by atoms with Gasteiger partial charge in [0.15, 0.2) is 0 Å². The van der Waals surface area contributed by atoms with Crippen LogP contribution < -0.4 is 5.32 Å². The maximum atomic E-state index is 13.0. The second kappa shape index (κ2) is 11.8. The van der Waals surface area contributed by atoms with Gasteiger partial charge in [-0.05, 0) is 67.7 Å². The van der Waals surface area contributed by atoms with Crippen molar-refractivity contribution in [2.75, 3.05) is 26.2 Å². The molecule has 2 aliphatic heterocycles. The van der Waals surface area contributed by atoms with E-state index >= 15 is 0 Å². The van der Waals surface area contributed by atoms with Crippen molar-refractivity contribution in [3.05, 3.63) is 114 Å². The molecule has 0 unspecified atom stereocenters. The third-order valence-electron chi connectivity index (χ3n) is 6.92. The summed E-state index contributed by atoms with van der Waals surface area (Å²) in [6.07, 6.45) is 9.37. The van der Waals surface area contributed by atoms with Crippen molar-refractivity contribution in [1.29, 1.82) is 0 Å². The highest BCUT2D eigenvalue weighted by Crippen LogP contribution is 2.31. The quantitative estimate of drug-likeness (QED) is 0.471. The van der Waals surface area contributed by atoms with E-state index in [0.29, 0.717) is 12.5 Å². The first kappa shape index (κ1) is 24.6. The molecule has 0 aliphatic carbocycles. The van der Waals surface area contributed by atoms with Gasteiger partial charge in [0.25, 0.3) is 5.91 Å². The van der Waals surface area contributed by atoms with E-state index in [1.54, 1.807) is 24.6 Å². The highest BCUT2D eigenvalue weighted by atomic mass is 16.5. The number of rotatable bonds is 8. The molecule has 190 valence electrons. The molecule has 5 rings (SSSR count). The Morgan fingerprint density at radius 1 is 1.03 bits per heavy atom. The van der Waals surface area contributed by atoms with Crippen molar-refractivity contribution < 1.29 is 14.6 Å². The SMILES string of the molecule is O=C(NCc1ccccn1)c1ccccc1C1CCN(CCN2C=COC(c3cccc(O)c3)=C2)CC1. The van der Waals surface area contributed by atoms with Gasteiger partial charge in [-0.3, -0.25) is 9.78 Å². The monoisotopic (exact) mass is 496 g/mol. The van der Waals surface area contributed by atoms with Gasteiger partial charge in [-0.1, -0.05) is 36.4 Å². The highest BCUT2D eigenvalue weighted by molar-refractivity contribution is 5.95. The second-order valence-corrected chi connectivity index (χ2v) is 9.39. The number of likely N-dealkylation sites (tertiary alicyclic amines) is 1. The zero-order valence-corrected chi connectivity index (χ0v) is 20.8. The molecule has 37 heavy (non-hydrogen) atoms. The summed E-state index contributed by atoms with van der Waals surface area (Å²) in [4.78, 5) is 21.9. The number of hydrogen-bond acceptors (Lipinski definition) is 6. The molecular weight excluding hydrogens is 464 g/mol. The van der Waals surface area contributed by atoms with Crippen molar-refractivity contribution in [2.24, 2.45) is 0 Å². The van der Waals surface area contributed by atoms with Crippen molar-refractivity contribution in [3.63, 3.8) is 0 Å². The predicted molar refractivity (Wildman–Crippen MR) is 143 cm³/mol. The number of pyridine rings is 1. The molecule has 7 nitrogen and oxygen atoms in total. The Morgan fingerprint density at radius 3 is 2.68 bits per heavy atom. The van der Waals surface area contributed by atoms with Gasteiger partial charge in [-0.15, -0.1) is 0 Å². The van der Waals surface area contributed by atoms with Crippen LogP contribution in [0.25, 0.3) is 5.76 Å². The van der Waals surface area contributed by atoms with E-state index in [0.717, 1.165) is 67.2 Å². The molecule has 0 radical (unpaired) electrons. The number of hydrogen-bond donors (Lipinski definition) is 2. The van der Waals surface area contributed by atoms with Gasteiger partial charge < -0.3 is 25.0 Å². The van der Waals surface area contributed by atoms with Gasteiger partial charge >= 0.3 is 0 Å². The maximum Gasteiger partial charge on any atom is 0.251 e. The molecular formula is C30H32N4O3. The number of aromatic nitrogens is 1. The number of phenols is 1. The Balaban J connectivity index is 1.14. The number of phenolic OH excluding ortho intramolecular Hbond substituents is 1. The summed E-state index contributed by atoms with van der Waals surface area (Å²) >= 11 is 0. The van der Waals surface area contributed by atoms with Crippen LogP contribution >= 0.6 is 0 Å². The zero-order chi connectivity index (χ0) is 25.5. The minimum Gasteiger partial charge on any atom is -0.508 e. The van der Waals surface area contributed by atoms with Gasteiger partial charge in [0.1, 0.15) is 17.8 Å². The summed E-state index contributed by atoms with van der Waals surface area (Å²) in [6.45, 7) is 4.19. The van der Waals surface area contributed by atoms with Crippen molar-refractivity contribution in [2.45, 2.75) is 25.3 Å². The Kier molecular flexibility index (Phi) is 7.81. The summed E-state index contributed by atoms with van der Waals surface area (Å²) in [5.74, 6) is 1.26. The van der Waals surface area contributed by atoms with Gasteiger partial charge in [-0.2, -0.15) is 0 Å². The normalized spacial score (nSPS) is 16.2. The lowest BCUT2D eigenvalue weighted by Gasteiger charge is -2.34. The number of carbonyl (C=O) groups is 1. The van der Waals surface area contributed by atoms with Crippen LogP contribution in [0.2, 0.25) is 0 Å². The molecule has 0 spiro atoms. The van der Waals surface area contributed by atoms with E-state index in [4.69, 9.17) is 4.74 Å². The fourth-order valence-corrected chi connectivity index (χ4v) is 4.90. The van der Waals surface area contributed by atoms with E-state index in [-0.39, 0.29) is 11.7 Å². The standard InChI is InChI=1S/C30H32N4O3/c35-26-8-5-6-24(20-26)29-22-34(18-19-37-29)17-16-33-14-11-23(12-15-33)27-9-1-2-10-28(27)30(36)32-21-25-7-3-4-13-31-25/h1-10,13,18-20,22-23,35H,11-12,14-17,21H2,(H,32,36). The van der Waals surface area contributed by atoms with Gasteiger partial charge in [0.2, 0.25) is 0 Å². The molecule has 0 bridgehead atoms. The van der Waals surface area contributed by atoms with Crippen LogP contribution in [0.3, 0.4) is 0 Å². The van der Waals surface area contributed by atoms with E-state index in [2.05, 4.69) is 26.2 Å². The van der Waals surface area contributed by atoms with Gasteiger partial charge in [-0.25, -0.2) is 0 Å². The van der Waals surface area contributed by atoms with Crippen LogP contribution in [0.15, 0.2) is 91.6 Å². The van der Waals surface area contributed by atoms with Gasteiger partial charge in [0, 0.05) is 42.8 Å². The number of nitrogens with one attached hydrogen (secondary N) is 1. The number of piperidine rings is 1. The fraction of sp³-hybridized carbons (Fsp3) is 0.267. The lowest BCUT2D eigenvalue weighted by Crippen LogP contribution is -2.37. The Morgan fingerprint density at radius 2 is 1.86 bits per heavy atom. The van der Waals surface area contributed by atoms with Gasteiger partial charge in [0.05, 0.1) is 12.2 Å². The van der Waals surface area contributed by atoms with Crippen molar-refractivity contribution >= 4 is 11.7 Å². The lowest BCUT2D eigenvalue weighted by molar-refractivity contribution is 0.0948. The van der Waals surface area contributed by atoms with Crippen LogP contribution in [0, 0.1) is 0 Å². The molecule has 2 N–H and O–H groups in total. The third kappa shape index (κ3) is 6.37. The Hall–Kier alpha value is -4.10. The molecule has 1 fully saturated rings. The number of ether oxygens (including phenoxy) is 1. The van der Waals surface area contributed by atoms with Crippen LogP contribution in [-0.4, -0.2) is 52.0 Å². The van der Waals surface area contributed by atoms with Crippen LogP contribution in [0.1, 0.15) is 45.9 Å². The van der Waals surface area contributed by atoms with E-state index in [1.165, 1.54) is 0 Å². The average Bonchev–Trinajstić information content (AvgIpc) is 2.96. The van der Waals surface area contributed by atoms with E-state index < -0.39 is 0 Å². The molecule has 3 heterocycles. The number of amides is 1. The molecule has 1 aromatic heterocycles. The summed E-state index contributed by atoms with van der Waals surface area (Å²) in [5, 5.41) is 12.8. The summed E-state index contributed by atoms with van der Waals surface area (Å²) in [7, 11) is 0.